The summed E-state index contributed by atoms with van der Waals surface area (Å²) in [7, 11) is 1.27. The fourth-order valence-electron chi connectivity index (χ4n) is 6.54. The Morgan fingerprint density at radius 1 is 0.904 bits per heavy atom. The second-order valence-electron chi connectivity index (χ2n) is 13.8. The quantitative estimate of drug-likeness (QED) is 0.138. The van der Waals surface area contributed by atoms with Crippen LogP contribution in [0.15, 0.2) is 109 Å². The summed E-state index contributed by atoms with van der Waals surface area (Å²) >= 11 is 0. The molecule has 0 radical (unpaired) electrons. The predicted molar refractivity (Wildman–Crippen MR) is 199 cm³/mol. The number of amides is 3. The number of aromatic amines is 1. The van der Waals surface area contributed by atoms with Gasteiger partial charge in [0, 0.05) is 11.6 Å². The second-order valence-corrected chi connectivity index (χ2v) is 13.8. The molecule has 1 saturated heterocycles. The summed E-state index contributed by atoms with van der Waals surface area (Å²) < 4.78 is 17.1. The number of ether oxygens (including phenoxy) is 3. The Balaban J connectivity index is 1.20. The van der Waals surface area contributed by atoms with Gasteiger partial charge in [-0.25, -0.2) is 14.6 Å². The molecule has 0 spiro atoms. The Morgan fingerprint density at radius 3 is 2.19 bits per heavy atom. The van der Waals surface area contributed by atoms with Crippen molar-refractivity contribution in [2.24, 2.45) is 0 Å². The number of methoxy groups -OCH3 is 1. The van der Waals surface area contributed by atoms with Gasteiger partial charge < -0.3 is 29.8 Å². The number of aryl methyl sites for hydroxylation is 1. The van der Waals surface area contributed by atoms with Crippen LogP contribution in [-0.4, -0.2) is 71.0 Å². The number of morpholine rings is 1. The SMILES string of the molecule is COC(=O)NC(C(=O)Nc1ccccc1CCC1CN(C(=O)OC(C)(C)C)C(c2nc3ccccc3[nH]2)CO1)C(c1ccccc1)c1ccccc1. The highest BCUT2D eigenvalue weighted by Crippen LogP contribution is 2.32. The van der Waals surface area contributed by atoms with Gasteiger partial charge in [0.2, 0.25) is 5.91 Å². The Morgan fingerprint density at radius 2 is 1.54 bits per heavy atom. The number of H-pyrrole nitrogens is 1. The normalized spacial score (nSPS) is 16.7. The third kappa shape index (κ3) is 8.78. The van der Waals surface area contributed by atoms with E-state index in [1.807, 2.05) is 130 Å². The van der Waals surface area contributed by atoms with Crippen molar-refractivity contribution in [1.82, 2.24) is 20.2 Å². The number of aromatic nitrogens is 2. The standard InChI is InChI=1S/C41H45N5O6/c1-41(2,3)52-40(49)46-25-30(51-26-34(46)37-42-32-21-13-14-22-33(32)43-37)24-23-27-15-11-12-20-31(27)44-38(47)36(45-39(48)50-4)35(28-16-7-5-8-17-28)29-18-9-6-10-19-29/h5-22,30,34-36H,23-26H2,1-4H3,(H,42,43)(H,44,47)(H,45,48). The van der Waals surface area contributed by atoms with Crippen LogP contribution in [0.3, 0.4) is 0 Å². The minimum absolute atomic E-state index is 0.239. The maximum atomic E-state index is 14.2. The van der Waals surface area contributed by atoms with Crippen molar-refractivity contribution >= 4 is 34.8 Å². The van der Waals surface area contributed by atoms with E-state index in [1.54, 1.807) is 4.90 Å². The largest absolute Gasteiger partial charge is 0.453 e. The van der Waals surface area contributed by atoms with Gasteiger partial charge in [0.05, 0.1) is 37.4 Å². The van der Waals surface area contributed by atoms with Crippen LogP contribution in [0.2, 0.25) is 0 Å². The van der Waals surface area contributed by atoms with Crippen LogP contribution in [-0.2, 0) is 25.4 Å². The van der Waals surface area contributed by atoms with Gasteiger partial charge >= 0.3 is 12.2 Å². The molecule has 1 fully saturated rings. The van der Waals surface area contributed by atoms with Crippen LogP contribution >= 0.6 is 0 Å². The third-order valence-corrected chi connectivity index (χ3v) is 9.02. The van der Waals surface area contributed by atoms with Crippen molar-refractivity contribution in [3.8, 4) is 0 Å². The lowest BCUT2D eigenvalue weighted by atomic mass is 9.84. The van der Waals surface area contributed by atoms with Gasteiger partial charge in [-0.15, -0.1) is 0 Å². The molecule has 5 aromatic rings. The first kappa shape index (κ1) is 36.1. The van der Waals surface area contributed by atoms with Crippen LogP contribution in [0, 0.1) is 0 Å². The first-order chi connectivity index (χ1) is 25.1. The summed E-state index contributed by atoms with van der Waals surface area (Å²) in [6, 6.07) is 33.0. The molecule has 1 aromatic heterocycles. The molecule has 1 aliphatic rings. The van der Waals surface area contributed by atoms with Crippen molar-refractivity contribution < 1.29 is 28.6 Å². The van der Waals surface area contributed by atoms with E-state index in [2.05, 4.69) is 15.6 Å². The summed E-state index contributed by atoms with van der Waals surface area (Å²) in [6.45, 7) is 6.07. The molecule has 4 aromatic carbocycles. The topological polar surface area (TPSA) is 135 Å². The van der Waals surface area contributed by atoms with E-state index in [9.17, 15) is 14.4 Å². The highest BCUT2D eigenvalue weighted by molar-refractivity contribution is 5.98. The number of anilines is 1. The minimum atomic E-state index is -0.996. The lowest BCUT2D eigenvalue weighted by molar-refractivity contribution is -0.118. The molecule has 270 valence electrons. The van der Waals surface area contributed by atoms with Gasteiger partial charge in [0.15, 0.2) is 0 Å². The number of carbonyl (C=O) groups is 3. The predicted octanol–water partition coefficient (Wildman–Crippen LogP) is 7.37. The number of para-hydroxylation sites is 3. The zero-order valence-corrected chi connectivity index (χ0v) is 29.9. The maximum Gasteiger partial charge on any atom is 0.411 e. The first-order valence-electron chi connectivity index (χ1n) is 17.5. The zero-order chi connectivity index (χ0) is 36.7. The highest BCUT2D eigenvalue weighted by atomic mass is 16.6. The van der Waals surface area contributed by atoms with Crippen LogP contribution < -0.4 is 10.6 Å². The average molecular weight is 704 g/mol. The number of benzene rings is 4. The lowest BCUT2D eigenvalue weighted by Crippen LogP contribution is -2.49. The molecule has 6 rings (SSSR count). The number of fused-ring (bicyclic) bond motifs is 1. The molecule has 2 heterocycles. The van der Waals surface area contributed by atoms with Gasteiger partial charge in [-0.05, 0) is 68.5 Å². The fourth-order valence-corrected chi connectivity index (χ4v) is 6.54. The smallest absolute Gasteiger partial charge is 0.411 e. The van der Waals surface area contributed by atoms with E-state index in [4.69, 9.17) is 19.2 Å². The molecule has 0 aliphatic carbocycles. The van der Waals surface area contributed by atoms with E-state index in [-0.39, 0.29) is 12.7 Å². The molecule has 11 heteroatoms. The molecule has 52 heavy (non-hydrogen) atoms. The molecular formula is C41H45N5O6. The Kier molecular flexibility index (Phi) is 11.2. The summed E-state index contributed by atoms with van der Waals surface area (Å²) in [5.74, 6) is -0.255. The van der Waals surface area contributed by atoms with Gasteiger partial charge in [-0.1, -0.05) is 91.0 Å². The molecule has 11 nitrogen and oxygen atoms in total. The number of alkyl carbamates (subject to hydrolysis) is 1. The van der Waals surface area contributed by atoms with Gasteiger partial charge in [0.25, 0.3) is 0 Å². The number of imidazole rings is 1. The molecule has 3 N–H and O–H groups in total. The van der Waals surface area contributed by atoms with E-state index in [0.717, 1.165) is 27.7 Å². The first-order valence-corrected chi connectivity index (χ1v) is 17.5. The average Bonchev–Trinajstić information content (AvgIpc) is 3.58. The lowest BCUT2D eigenvalue weighted by Gasteiger charge is -2.39. The van der Waals surface area contributed by atoms with Crippen molar-refractivity contribution in [2.75, 3.05) is 25.6 Å². The molecule has 3 amide bonds. The fraction of sp³-hybridized carbons (Fsp3) is 0.317. The van der Waals surface area contributed by atoms with Crippen LogP contribution in [0.25, 0.3) is 11.0 Å². The Hall–Kier alpha value is -5.68. The number of hydrogen-bond acceptors (Lipinski definition) is 7. The molecule has 3 unspecified atom stereocenters. The van der Waals surface area contributed by atoms with Gasteiger partial charge in [0.1, 0.15) is 23.5 Å². The maximum absolute atomic E-state index is 14.2. The van der Waals surface area contributed by atoms with Crippen LogP contribution in [0.4, 0.5) is 15.3 Å². The third-order valence-electron chi connectivity index (χ3n) is 9.02. The van der Waals surface area contributed by atoms with Crippen molar-refractivity contribution in [1.29, 1.82) is 0 Å². The summed E-state index contributed by atoms with van der Waals surface area (Å²) in [5, 5.41) is 5.89. The summed E-state index contributed by atoms with van der Waals surface area (Å²) in [4.78, 5) is 50.2. The number of rotatable bonds is 10. The van der Waals surface area contributed by atoms with Crippen LogP contribution in [0.1, 0.15) is 61.7 Å². The summed E-state index contributed by atoms with van der Waals surface area (Å²) in [6.07, 6.45) is -0.329. The zero-order valence-electron chi connectivity index (χ0n) is 29.9. The Labute approximate surface area is 303 Å². The number of carbonyl (C=O) groups excluding carboxylic acids is 3. The number of nitrogens with zero attached hydrogens (tertiary/aromatic N) is 2. The number of hydrogen-bond donors (Lipinski definition) is 3. The minimum Gasteiger partial charge on any atom is -0.453 e. The molecule has 3 atom stereocenters. The van der Waals surface area contributed by atoms with Crippen molar-refractivity contribution in [3.63, 3.8) is 0 Å². The number of nitrogens with one attached hydrogen (secondary N) is 3. The van der Waals surface area contributed by atoms with Crippen molar-refractivity contribution in [3.05, 3.63) is 132 Å². The summed E-state index contributed by atoms with van der Waals surface area (Å²) in [5.41, 5.74) is 4.24. The second kappa shape index (κ2) is 16.1. The van der Waals surface area contributed by atoms with Gasteiger partial charge in [-0.3, -0.25) is 9.69 Å². The van der Waals surface area contributed by atoms with E-state index in [0.29, 0.717) is 30.9 Å². The van der Waals surface area contributed by atoms with E-state index < -0.39 is 41.7 Å². The van der Waals surface area contributed by atoms with E-state index >= 15 is 0 Å². The monoisotopic (exact) mass is 703 g/mol. The molecule has 0 bridgehead atoms. The molecular weight excluding hydrogens is 658 g/mol. The Bertz CT molecular complexity index is 1900. The van der Waals surface area contributed by atoms with Gasteiger partial charge in [-0.2, -0.15) is 0 Å². The van der Waals surface area contributed by atoms with E-state index in [1.165, 1.54) is 7.11 Å². The highest BCUT2D eigenvalue weighted by Gasteiger charge is 2.38. The molecule has 1 aliphatic heterocycles. The van der Waals surface area contributed by atoms with Crippen LogP contribution in [0.5, 0.6) is 0 Å². The molecule has 0 saturated carbocycles. The van der Waals surface area contributed by atoms with Crippen molar-refractivity contribution in [2.45, 2.75) is 63.3 Å².